The molecule has 2 aromatic carbocycles. The molecule has 0 fully saturated rings. The largest absolute Gasteiger partial charge is 0.443 e. The number of oxazole rings is 1. The van der Waals surface area contributed by atoms with Crippen LogP contribution in [-0.2, 0) is 10.0 Å². The van der Waals surface area contributed by atoms with Crippen molar-refractivity contribution < 1.29 is 12.8 Å². The molecule has 5 nitrogen and oxygen atoms in total. The van der Waals surface area contributed by atoms with Crippen LogP contribution in [-0.4, -0.2) is 13.4 Å². The van der Waals surface area contributed by atoms with Gasteiger partial charge in [0.1, 0.15) is 5.52 Å². The van der Waals surface area contributed by atoms with Crippen molar-refractivity contribution >= 4 is 50.0 Å². The van der Waals surface area contributed by atoms with Gasteiger partial charge in [0, 0.05) is 0 Å². The lowest BCUT2D eigenvalue weighted by Gasteiger charge is -2.08. The van der Waals surface area contributed by atoms with E-state index < -0.39 is 10.0 Å². The Balaban J connectivity index is 1.96. The molecule has 1 aromatic heterocycles. The van der Waals surface area contributed by atoms with Gasteiger partial charge in [-0.25, -0.2) is 13.4 Å². The molecule has 1 heterocycles. The van der Waals surface area contributed by atoms with E-state index in [1.807, 2.05) is 0 Å². The molecule has 108 valence electrons. The first-order valence-corrected chi connectivity index (χ1v) is 8.01. The maximum absolute atomic E-state index is 12.3. The maximum Gasteiger partial charge on any atom is 0.261 e. The van der Waals surface area contributed by atoms with E-state index in [4.69, 9.17) is 27.6 Å². The molecule has 0 radical (unpaired) electrons. The lowest BCUT2D eigenvalue weighted by Crippen LogP contribution is -2.12. The summed E-state index contributed by atoms with van der Waals surface area (Å²) in [7, 11) is -3.76. The molecule has 0 saturated carbocycles. The van der Waals surface area contributed by atoms with Crippen LogP contribution in [0.2, 0.25) is 10.0 Å². The zero-order chi connectivity index (χ0) is 15.0. The summed E-state index contributed by atoms with van der Waals surface area (Å²) < 4.78 is 32.1. The van der Waals surface area contributed by atoms with Crippen LogP contribution in [0.3, 0.4) is 0 Å². The number of hydrogen-bond acceptors (Lipinski definition) is 4. The number of benzene rings is 2. The van der Waals surface area contributed by atoms with Crippen molar-refractivity contribution in [3.8, 4) is 0 Å². The van der Waals surface area contributed by atoms with Crippen LogP contribution in [0.15, 0.2) is 52.1 Å². The van der Waals surface area contributed by atoms with Crippen molar-refractivity contribution in [3.63, 3.8) is 0 Å². The first-order chi connectivity index (χ1) is 9.95. The Bertz CT molecular complexity index is 922. The van der Waals surface area contributed by atoms with E-state index >= 15 is 0 Å². The quantitative estimate of drug-likeness (QED) is 0.782. The van der Waals surface area contributed by atoms with Gasteiger partial charge in [-0.1, -0.05) is 23.2 Å². The summed E-state index contributed by atoms with van der Waals surface area (Å²) in [6, 6.07) is 8.90. The highest BCUT2D eigenvalue weighted by molar-refractivity contribution is 7.92. The highest BCUT2D eigenvalue weighted by Gasteiger charge is 2.16. The fourth-order valence-electron chi connectivity index (χ4n) is 1.78. The molecule has 0 unspecified atom stereocenters. The molecule has 0 aliphatic rings. The number of hydrogen-bond donors (Lipinski definition) is 1. The second kappa shape index (κ2) is 5.22. The zero-order valence-electron chi connectivity index (χ0n) is 10.4. The first kappa shape index (κ1) is 14.2. The minimum absolute atomic E-state index is 0.0251. The van der Waals surface area contributed by atoms with Gasteiger partial charge in [0.25, 0.3) is 10.0 Å². The van der Waals surface area contributed by atoms with Gasteiger partial charge in [-0.15, -0.1) is 0 Å². The minimum Gasteiger partial charge on any atom is -0.443 e. The molecular weight excluding hydrogens is 335 g/mol. The van der Waals surface area contributed by atoms with Crippen LogP contribution in [0.5, 0.6) is 0 Å². The number of rotatable bonds is 3. The molecule has 3 aromatic rings. The summed E-state index contributed by atoms with van der Waals surface area (Å²) in [5.74, 6) is 0. The van der Waals surface area contributed by atoms with Gasteiger partial charge >= 0.3 is 0 Å². The molecule has 0 aliphatic carbocycles. The van der Waals surface area contributed by atoms with Crippen LogP contribution in [0.25, 0.3) is 11.1 Å². The highest BCUT2D eigenvalue weighted by Crippen LogP contribution is 2.26. The number of halogens is 2. The Morgan fingerprint density at radius 2 is 1.86 bits per heavy atom. The second-order valence-electron chi connectivity index (χ2n) is 4.22. The number of nitrogens with one attached hydrogen (secondary N) is 1. The Morgan fingerprint density at radius 3 is 2.62 bits per heavy atom. The summed E-state index contributed by atoms with van der Waals surface area (Å²) >= 11 is 11.6. The molecule has 1 N–H and O–H groups in total. The Labute approximate surface area is 130 Å². The maximum atomic E-state index is 12.3. The van der Waals surface area contributed by atoms with Crippen LogP contribution in [0.4, 0.5) is 5.69 Å². The van der Waals surface area contributed by atoms with Crippen LogP contribution in [0, 0.1) is 0 Å². The third-order valence-corrected chi connectivity index (χ3v) is 4.90. The average molecular weight is 343 g/mol. The SMILES string of the molecule is O=S(=O)(Nc1ccc2ocnc2c1)c1ccc(Cl)c(Cl)c1. The van der Waals surface area contributed by atoms with Gasteiger partial charge in [0.2, 0.25) is 0 Å². The molecule has 8 heteroatoms. The summed E-state index contributed by atoms with van der Waals surface area (Å²) in [5.41, 5.74) is 1.51. The number of nitrogens with zero attached hydrogens (tertiary/aromatic N) is 1. The van der Waals surface area contributed by atoms with Crippen molar-refractivity contribution in [3.05, 3.63) is 52.8 Å². The number of sulfonamides is 1. The molecular formula is C13H8Cl2N2O3S. The fraction of sp³-hybridized carbons (Fsp3) is 0. The van der Waals surface area contributed by atoms with Crippen molar-refractivity contribution in [1.82, 2.24) is 4.98 Å². The second-order valence-corrected chi connectivity index (χ2v) is 6.71. The summed E-state index contributed by atoms with van der Waals surface area (Å²) in [6.07, 6.45) is 1.29. The first-order valence-electron chi connectivity index (χ1n) is 5.77. The van der Waals surface area contributed by atoms with E-state index in [-0.39, 0.29) is 9.92 Å². The third-order valence-electron chi connectivity index (χ3n) is 2.78. The zero-order valence-corrected chi connectivity index (χ0v) is 12.7. The molecule has 0 spiro atoms. The number of anilines is 1. The summed E-state index contributed by atoms with van der Waals surface area (Å²) in [4.78, 5) is 3.99. The predicted octanol–water partition coefficient (Wildman–Crippen LogP) is 3.94. The van der Waals surface area contributed by atoms with Gasteiger partial charge in [-0.2, -0.15) is 0 Å². The van der Waals surface area contributed by atoms with Crippen LogP contribution < -0.4 is 4.72 Å². The predicted molar refractivity (Wildman–Crippen MR) is 81.3 cm³/mol. The smallest absolute Gasteiger partial charge is 0.261 e. The number of fused-ring (bicyclic) bond motifs is 1. The average Bonchev–Trinajstić information content (AvgIpc) is 2.88. The minimum atomic E-state index is -3.76. The molecule has 21 heavy (non-hydrogen) atoms. The lowest BCUT2D eigenvalue weighted by molar-refractivity contribution is 0.600. The molecule has 0 aliphatic heterocycles. The van der Waals surface area contributed by atoms with E-state index in [1.165, 1.54) is 24.6 Å². The van der Waals surface area contributed by atoms with Crippen molar-refractivity contribution in [1.29, 1.82) is 0 Å². The van der Waals surface area contributed by atoms with E-state index in [2.05, 4.69) is 9.71 Å². The van der Waals surface area contributed by atoms with Crippen molar-refractivity contribution in [2.24, 2.45) is 0 Å². The topological polar surface area (TPSA) is 72.2 Å². The van der Waals surface area contributed by atoms with Crippen LogP contribution >= 0.6 is 23.2 Å². The molecule has 3 rings (SSSR count). The Hall–Kier alpha value is -1.76. The molecule has 0 amide bonds. The van der Waals surface area contributed by atoms with Crippen molar-refractivity contribution in [2.45, 2.75) is 4.90 Å². The summed E-state index contributed by atoms with van der Waals surface area (Å²) in [6.45, 7) is 0. The fourth-order valence-corrected chi connectivity index (χ4v) is 3.22. The van der Waals surface area contributed by atoms with Gasteiger partial charge in [0.15, 0.2) is 12.0 Å². The molecule has 0 bridgehead atoms. The van der Waals surface area contributed by atoms with Crippen molar-refractivity contribution in [2.75, 3.05) is 4.72 Å². The molecule has 0 saturated heterocycles. The number of aromatic nitrogens is 1. The van der Waals surface area contributed by atoms with Gasteiger partial charge in [-0.3, -0.25) is 4.72 Å². The monoisotopic (exact) mass is 342 g/mol. The van der Waals surface area contributed by atoms with Gasteiger partial charge < -0.3 is 4.42 Å². The Kier molecular flexibility index (Phi) is 3.52. The highest BCUT2D eigenvalue weighted by atomic mass is 35.5. The normalized spacial score (nSPS) is 11.7. The van der Waals surface area contributed by atoms with Gasteiger partial charge in [0.05, 0.1) is 20.6 Å². The van der Waals surface area contributed by atoms with Gasteiger partial charge in [-0.05, 0) is 36.4 Å². The molecule has 0 atom stereocenters. The standard InChI is InChI=1S/C13H8Cl2N2O3S/c14-10-3-2-9(6-11(10)15)21(18,19)17-8-1-4-13-12(5-8)16-7-20-13/h1-7,17H. The van der Waals surface area contributed by atoms with E-state index in [1.54, 1.807) is 18.2 Å². The van der Waals surface area contributed by atoms with Crippen LogP contribution in [0.1, 0.15) is 0 Å². The third kappa shape index (κ3) is 2.83. The van der Waals surface area contributed by atoms with E-state index in [0.717, 1.165) is 0 Å². The van der Waals surface area contributed by atoms with E-state index in [9.17, 15) is 8.42 Å². The summed E-state index contributed by atoms with van der Waals surface area (Å²) in [5, 5.41) is 0.464. The lowest BCUT2D eigenvalue weighted by atomic mass is 10.3. The Morgan fingerprint density at radius 1 is 1.05 bits per heavy atom. The van der Waals surface area contributed by atoms with E-state index in [0.29, 0.717) is 21.8 Å².